The van der Waals surface area contributed by atoms with Crippen LogP contribution in [-0.4, -0.2) is 40.1 Å². The summed E-state index contributed by atoms with van der Waals surface area (Å²) in [6.07, 6.45) is 5.09. The number of hydrogen-bond donors (Lipinski definition) is 1. The van der Waals surface area contributed by atoms with Crippen LogP contribution in [0.25, 0.3) is 28.5 Å². The minimum absolute atomic E-state index is 0.0790. The number of halogens is 2. The molecule has 35 heavy (non-hydrogen) atoms. The van der Waals surface area contributed by atoms with E-state index < -0.39 is 15.7 Å². The van der Waals surface area contributed by atoms with Gasteiger partial charge in [-0.1, -0.05) is 0 Å². The van der Waals surface area contributed by atoms with Crippen LogP contribution in [0.1, 0.15) is 6.42 Å². The number of aromatic nitrogens is 4. The van der Waals surface area contributed by atoms with Crippen molar-refractivity contribution in [1.29, 1.82) is 0 Å². The number of rotatable bonds is 8. The minimum Gasteiger partial charge on any atom is -0.432 e. The van der Waals surface area contributed by atoms with Crippen molar-refractivity contribution in [3.8, 4) is 22.6 Å². The zero-order chi connectivity index (χ0) is 24.4. The maximum atomic E-state index is 13.4. The van der Waals surface area contributed by atoms with E-state index in [-0.39, 0.29) is 16.5 Å². The molecular formula is C24H19F2N5O3S. The molecule has 0 saturated carbocycles. The SMILES string of the molecule is O=S(=O)(CCCNc1nccc(-c2c(-c3ccc(F)cc3)nc3occn23)n1)c1ccc(F)cc1. The molecule has 0 aliphatic rings. The highest BCUT2D eigenvalue weighted by Crippen LogP contribution is 2.32. The van der Waals surface area contributed by atoms with E-state index in [9.17, 15) is 17.2 Å². The van der Waals surface area contributed by atoms with Gasteiger partial charge in [0.25, 0.3) is 0 Å². The lowest BCUT2D eigenvalue weighted by Crippen LogP contribution is -2.13. The molecule has 0 aliphatic carbocycles. The fraction of sp³-hybridized carbons (Fsp3) is 0.125. The molecular weight excluding hydrogens is 476 g/mol. The molecule has 0 saturated heterocycles. The third-order valence-electron chi connectivity index (χ3n) is 5.32. The van der Waals surface area contributed by atoms with Crippen LogP contribution in [0, 0.1) is 11.6 Å². The summed E-state index contributed by atoms with van der Waals surface area (Å²) in [5.41, 5.74) is 2.46. The molecule has 5 aromatic rings. The largest absolute Gasteiger partial charge is 0.432 e. The second-order valence-electron chi connectivity index (χ2n) is 7.69. The molecule has 0 radical (unpaired) electrons. The molecule has 3 aromatic heterocycles. The van der Waals surface area contributed by atoms with Gasteiger partial charge in [0.15, 0.2) is 9.84 Å². The van der Waals surface area contributed by atoms with E-state index in [0.717, 1.165) is 12.1 Å². The Labute approximate surface area is 199 Å². The van der Waals surface area contributed by atoms with Crippen LogP contribution in [0.5, 0.6) is 0 Å². The normalized spacial score (nSPS) is 11.7. The zero-order valence-electron chi connectivity index (χ0n) is 18.2. The third kappa shape index (κ3) is 4.76. The Morgan fingerprint density at radius 3 is 2.40 bits per heavy atom. The Morgan fingerprint density at radius 1 is 0.943 bits per heavy atom. The number of imidazole rings is 1. The lowest BCUT2D eigenvalue weighted by atomic mass is 10.1. The van der Waals surface area contributed by atoms with Crippen molar-refractivity contribution >= 4 is 21.6 Å². The molecule has 1 N–H and O–H groups in total. The Kier molecular flexibility index (Phi) is 6.00. The number of hydrogen-bond acceptors (Lipinski definition) is 7. The second-order valence-corrected chi connectivity index (χ2v) is 9.80. The number of fused-ring (bicyclic) bond motifs is 1. The number of anilines is 1. The van der Waals surface area contributed by atoms with E-state index in [4.69, 9.17) is 4.42 Å². The average Bonchev–Trinajstić information content (AvgIpc) is 3.44. The van der Waals surface area contributed by atoms with Crippen LogP contribution in [0.2, 0.25) is 0 Å². The molecule has 0 fully saturated rings. The predicted molar refractivity (Wildman–Crippen MR) is 125 cm³/mol. The monoisotopic (exact) mass is 495 g/mol. The van der Waals surface area contributed by atoms with E-state index in [1.807, 2.05) is 0 Å². The average molecular weight is 496 g/mol. The van der Waals surface area contributed by atoms with Crippen molar-refractivity contribution in [3.05, 3.63) is 84.9 Å². The van der Waals surface area contributed by atoms with Gasteiger partial charge in [-0.15, -0.1) is 0 Å². The Morgan fingerprint density at radius 2 is 1.66 bits per heavy atom. The van der Waals surface area contributed by atoms with Gasteiger partial charge in [-0.3, -0.25) is 4.40 Å². The number of nitrogens with zero attached hydrogens (tertiary/aromatic N) is 4. The number of nitrogens with one attached hydrogen (secondary N) is 1. The van der Waals surface area contributed by atoms with Gasteiger partial charge in [0.2, 0.25) is 5.95 Å². The van der Waals surface area contributed by atoms with Crippen LogP contribution in [0.3, 0.4) is 0 Å². The molecule has 8 nitrogen and oxygen atoms in total. The van der Waals surface area contributed by atoms with Gasteiger partial charge in [0.05, 0.1) is 16.3 Å². The summed E-state index contributed by atoms with van der Waals surface area (Å²) < 4.78 is 58.5. The molecule has 0 spiro atoms. The maximum Gasteiger partial charge on any atom is 0.306 e. The van der Waals surface area contributed by atoms with Crippen molar-refractivity contribution in [2.75, 3.05) is 17.6 Å². The van der Waals surface area contributed by atoms with Crippen molar-refractivity contribution in [3.63, 3.8) is 0 Å². The second kappa shape index (κ2) is 9.26. The van der Waals surface area contributed by atoms with Crippen molar-refractivity contribution in [1.82, 2.24) is 19.4 Å². The molecule has 0 atom stereocenters. The van der Waals surface area contributed by atoms with Crippen molar-refractivity contribution in [2.45, 2.75) is 11.3 Å². The van der Waals surface area contributed by atoms with Crippen molar-refractivity contribution < 1.29 is 21.6 Å². The summed E-state index contributed by atoms with van der Waals surface area (Å²) in [6.45, 7) is 0.308. The topological polar surface area (TPSA) is 102 Å². The first kappa shape index (κ1) is 22.7. The standard InChI is InChI=1S/C24H19F2N5O3S/c25-17-4-2-16(3-5-17)21-22(31-13-14-34-24(31)30-21)20-10-12-28-23(29-20)27-11-1-15-35(32,33)19-8-6-18(26)7-9-19/h2-10,12-14H,1,11,15H2,(H,27,28,29). The molecule has 0 bridgehead atoms. The molecule has 0 amide bonds. The van der Waals surface area contributed by atoms with Gasteiger partial charge >= 0.3 is 5.84 Å². The van der Waals surface area contributed by atoms with Gasteiger partial charge in [-0.25, -0.2) is 27.2 Å². The fourth-order valence-electron chi connectivity index (χ4n) is 3.64. The maximum absolute atomic E-state index is 13.4. The first-order chi connectivity index (χ1) is 16.9. The molecule has 178 valence electrons. The van der Waals surface area contributed by atoms with E-state index >= 15 is 0 Å². The van der Waals surface area contributed by atoms with Crippen LogP contribution < -0.4 is 5.32 Å². The molecule has 3 heterocycles. The number of oxazole rings is 1. The molecule has 0 unspecified atom stereocenters. The highest BCUT2D eigenvalue weighted by atomic mass is 32.2. The number of sulfone groups is 1. The van der Waals surface area contributed by atoms with Crippen LogP contribution in [0.15, 0.2) is 82.6 Å². The van der Waals surface area contributed by atoms with Gasteiger partial charge in [0, 0.05) is 24.5 Å². The highest BCUT2D eigenvalue weighted by molar-refractivity contribution is 7.91. The molecule has 5 rings (SSSR count). The summed E-state index contributed by atoms with van der Waals surface area (Å²) in [4.78, 5) is 13.4. The molecule has 2 aromatic carbocycles. The Hall–Kier alpha value is -4.12. The summed E-state index contributed by atoms with van der Waals surface area (Å²) in [5, 5.41) is 3.04. The van der Waals surface area contributed by atoms with Gasteiger partial charge in [0.1, 0.15) is 29.3 Å². The van der Waals surface area contributed by atoms with E-state index in [0.29, 0.717) is 47.4 Å². The van der Waals surface area contributed by atoms with Gasteiger partial charge < -0.3 is 9.73 Å². The lowest BCUT2D eigenvalue weighted by Gasteiger charge is -2.08. The highest BCUT2D eigenvalue weighted by Gasteiger charge is 2.19. The smallest absolute Gasteiger partial charge is 0.306 e. The predicted octanol–water partition coefficient (Wildman–Crippen LogP) is 4.61. The zero-order valence-corrected chi connectivity index (χ0v) is 19.0. The van der Waals surface area contributed by atoms with Crippen molar-refractivity contribution in [2.24, 2.45) is 0 Å². The Bertz CT molecular complexity index is 1580. The summed E-state index contributed by atoms with van der Waals surface area (Å²) >= 11 is 0. The van der Waals surface area contributed by atoms with E-state index in [2.05, 4.69) is 20.3 Å². The first-order valence-corrected chi connectivity index (χ1v) is 12.3. The molecule has 0 aliphatic heterocycles. The van der Waals surface area contributed by atoms with Gasteiger partial charge in [-0.05, 0) is 61.0 Å². The van der Waals surface area contributed by atoms with Gasteiger partial charge in [-0.2, -0.15) is 4.98 Å². The Balaban J connectivity index is 1.33. The van der Waals surface area contributed by atoms with Crippen LogP contribution in [-0.2, 0) is 9.84 Å². The quantitative estimate of drug-likeness (QED) is 0.248. The lowest BCUT2D eigenvalue weighted by molar-refractivity contribution is 0.592. The summed E-state index contributed by atoms with van der Waals surface area (Å²) in [5.74, 6) is -0.286. The van der Waals surface area contributed by atoms with E-state index in [1.54, 1.807) is 35.0 Å². The van der Waals surface area contributed by atoms with Crippen LogP contribution >= 0.6 is 0 Å². The first-order valence-electron chi connectivity index (χ1n) is 10.7. The van der Waals surface area contributed by atoms with E-state index in [1.165, 1.54) is 30.5 Å². The summed E-state index contributed by atoms with van der Waals surface area (Å²) in [7, 11) is -3.53. The minimum atomic E-state index is -3.53. The number of benzene rings is 2. The third-order valence-corrected chi connectivity index (χ3v) is 7.14. The summed E-state index contributed by atoms with van der Waals surface area (Å²) in [6, 6.07) is 12.4. The fourth-order valence-corrected chi connectivity index (χ4v) is 4.95. The molecule has 11 heteroatoms. The van der Waals surface area contributed by atoms with Crippen LogP contribution in [0.4, 0.5) is 14.7 Å².